The van der Waals surface area contributed by atoms with Crippen molar-refractivity contribution in [3.05, 3.63) is 28.8 Å². The number of amides is 2. The molecule has 0 unspecified atom stereocenters. The third-order valence-corrected chi connectivity index (χ3v) is 2.96. The number of hydrogen-bond acceptors (Lipinski definition) is 4. The normalized spacial score (nSPS) is 12.5. The van der Waals surface area contributed by atoms with Gasteiger partial charge in [0.05, 0.1) is 5.02 Å². The highest BCUT2D eigenvalue weighted by Gasteiger charge is 2.17. The Morgan fingerprint density at radius 3 is 2.81 bits per heavy atom. The Balaban J connectivity index is 1.88. The largest absolute Gasteiger partial charge is 0.454 e. The van der Waals surface area contributed by atoms with Crippen LogP contribution in [-0.2, 0) is 9.59 Å². The first kappa shape index (κ1) is 15.2. The van der Waals surface area contributed by atoms with Crippen LogP contribution in [-0.4, -0.2) is 31.7 Å². The van der Waals surface area contributed by atoms with Gasteiger partial charge in [0.1, 0.15) is 0 Å². The number of benzene rings is 1. The minimum atomic E-state index is -0.255. The fraction of sp³-hybridized carbons (Fsp3) is 0.286. The van der Waals surface area contributed by atoms with Gasteiger partial charge < -0.3 is 20.1 Å². The van der Waals surface area contributed by atoms with Gasteiger partial charge in [-0.15, -0.1) is 0 Å². The molecule has 0 bridgehead atoms. The molecule has 0 aromatic heterocycles. The average molecular weight is 311 g/mol. The summed E-state index contributed by atoms with van der Waals surface area (Å²) in [6.07, 6.45) is 3.02. The van der Waals surface area contributed by atoms with E-state index in [1.807, 2.05) is 0 Å². The topological polar surface area (TPSA) is 76.7 Å². The van der Waals surface area contributed by atoms with E-state index >= 15 is 0 Å². The highest BCUT2D eigenvalue weighted by atomic mass is 35.5. The lowest BCUT2D eigenvalue weighted by molar-refractivity contribution is -0.119. The van der Waals surface area contributed by atoms with E-state index < -0.39 is 0 Å². The number of halogens is 1. The van der Waals surface area contributed by atoms with Gasteiger partial charge in [0.25, 0.3) is 0 Å². The van der Waals surface area contributed by atoms with Gasteiger partial charge in [-0.3, -0.25) is 9.59 Å². The zero-order valence-electron chi connectivity index (χ0n) is 11.4. The second-order valence-corrected chi connectivity index (χ2v) is 4.75. The van der Waals surface area contributed by atoms with E-state index in [-0.39, 0.29) is 18.6 Å². The summed E-state index contributed by atoms with van der Waals surface area (Å²) in [4.78, 5) is 22.2. The molecule has 1 aliphatic heterocycles. The third kappa shape index (κ3) is 4.39. The predicted molar refractivity (Wildman–Crippen MR) is 78.3 cm³/mol. The van der Waals surface area contributed by atoms with Crippen molar-refractivity contribution < 1.29 is 19.1 Å². The Morgan fingerprint density at radius 2 is 2.05 bits per heavy atom. The second kappa shape index (κ2) is 6.99. The fourth-order valence-corrected chi connectivity index (χ4v) is 2.01. The van der Waals surface area contributed by atoms with Crippen molar-refractivity contribution in [2.45, 2.75) is 6.92 Å². The van der Waals surface area contributed by atoms with Gasteiger partial charge in [-0.25, -0.2) is 0 Å². The Labute approximate surface area is 127 Å². The summed E-state index contributed by atoms with van der Waals surface area (Å²) < 4.78 is 10.4. The molecule has 1 aliphatic rings. The van der Waals surface area contributed by atoms with Crippen LogP contribution in [0.15, 0.2) is 18.2 Å². The third-order valence-electron chi connectivity index (χ3n) is 2.67. The molecule has 21 heavy (non-hydrogen) atoms. The molecule has 2 rings (SSSR count). The molecule has 1 aromatic carbocycles. The first-order valence-corrected chi connectivity index (χ1v) is 6.73. The molecule has 0 fully saturated rings. The Kier molecular flexibility index (Phi) is 5.05. The monoisotopic (exact) mass is 310 g/mol. The molecule has 2 N–H and O–H groups in total. The van der Waals surface area contributed by atoms with Gasteiger partial charge in [0.15, 0.2) is 11.5 Å². The van der Waals surface area contributed by atoms with E-state index in [0.29, 0.717) is 29.6 Å². The van der Waals surface area contributed by atoms with E-state index in [1.54, 1.807) is 18.2 Å². The van der Waals surface area contributed by atoms with Crippen molar-refractivity contribution in [2.75, 3.05) is 19.9 Å². The van der Waals surface area contributed by atoms with Crippen molar-refractivity contribution in [3.8, 4) is 11.5 Å². The molecule has 0 aliphatic carbocycles. The Hall–Kier alpha value is -2.21. The lowest BCUT2D eigenvalue weighted by Crippen LogP contribution is -2.32. The number of rotatable bonds is 5. The van der Waals surface area contributed by atoms with E-state index in [2.05, 4.69) is 10.6 Å². The number of carbonyl (C=O) groups excluding carboxylic acids is 2. The van der Waals surface area contributed by atoms with Gasteiger partial charge >= 0.3 is 0 Å². The van der Waals surface area contributed by atoms with Crippen molar-refractivity contribution in [1.82, 2.24) is 10.6 Å². The minimum absolute atomic E-state index is 0.130. The predicted octanol–water partition coefficient (Wildman–Crippen LogP) is 1.33. The van der Waals surface area contributed by atoms with Crippen LogP contribution >= 0.6 is 11.6 Å². The molecule has 0 saturated carbocycles. The highest BCUT2D eigenvalue weighted by Crippen LogP contribution is 2.39. The number of hydrogen-bond donors (Lipinski definition) is 2. The molecule has 6 nitrogen and oxygen atoms in total. The van der Waals surface area contributed by atoms with Gasteiger partial charge in [-0.05, 0) is 23.8 Å². The quantitative estimate of drug-likeness (QED) is 0.635. The summed E-state index contributed by atoms with van der Waals surface area (Å²) in [5, 5.41) is 5.67. The fourth-order valence-electron chi connectivity index (χ4n) is 1.74. The second-order valence-electron chi connectivity index (χ2n) is 4.34. The van der Waals surface area contributed by atoms with Gasteiger partial charge in [0.2, 0.25) is 18.6 Å². The van der Waals surface area contributed by atoms with Crippen LogP contribution in [0.25, 0.3) is 6.08 Å². The highest BCUT2D eigenvalue weighted by molar-refractivity contribution is 6.32. The molecule has 7 heteroatoms. The lowest BCUT2D eigenvalue weighted by Gasteiger charge is -2.03. The molecule has 2 amide bonds. The number of nitrogens with one attached hydrogen (secondary N) is 2. The number of ether oxygens (including phenoxy) is 2. The zero-order valence-corrected chi connectivity index (χ0v) is 12.2. The summed E-state index contributed by atoms with van der Waals surface area (Å²) in [7, 11) is 0. The van der Waals surface area contributed by atoms with E-state index in [9.17, 15) is 9.59 Å². The number of carbonyl (C=O) groups is 2. The Bertz CT molecular complexity index is 587. The lowest BCUT2D eigenvalue weighted by atomic mass is 10.2. The molecular formula is C14H15ClN2O4. The molecule has 0 spiro atoms. The minimum Gasteiger partial charge on any atom is -0.454 e. The smallest absolute Gasteiger partial charge is 0.244 e. The summed E-state index contributed by atoms with van der Waals surface area (Å²) in [5.41, 5.74) is 0.737. The van der Waals surface area contributed by atoms with Crippen LogP contribution in [0.3, 0.4) is 0 Å². The van der Waals surface area contributed by atoms with Gasteiger partial charge in [0, 0.05) is 26.1 Å². The summed E-state index contributed by atoms with van der Waals surface area (Å²) in [6.45, 7) is 2.33. The summed E-state index contributed by atoms with van der Waals surface area (Å²) >= 11 is 6.04. The average Bonchev–Trinajstić information content (AvgIpc) is 2.90. The molecule has 0 atom stereocenters. The zero-order chi connectivity index (χ0) is 15.2. The molecular weight excluding hydrogens is 296 g/mol. The van der Waals surface area contributed by atoms with Gasteiger partial charge in [-0.2, -0.15) is 0 Å². The van der Waals surface area contributed by atoms with Crippen molar-refractivity contribution in [2.24, 2.45) is 0 Å². The van der Waals surface area contributed by atoms with Crippen molar-refractivity contribution >= 4 is 29.5 Å². The number of fused-ring (bicyclic) bond motifs is 1. The van der Waals surface area contributed by atoms with Crippen LogP contribution in [0.1, 0.15) is 12.5 Å². The first-order chi connectivity index (χ1) is 10.1. The SMILES string of the molecule is CC(=O)NCCNC(=O)/C=C/c1cc(Cl)c2c(c1)OCO2. The van der Waals surface area contributed by atoms with Crippen molar-refractivity contribution in [1.29, 1.82) is 0 Å². The van der Waals surface area contributed by atoms with Crippen molar-refractivity contribution in [3.63, 3.8) is 0 Å². The molecule has 1 heterocycles. The molecule has 1 aromatic rings. The maximum absolute atomic E-state index is 11.6. The molecule has 0 saturated heterocycles. The standard InChI is InChI=1S/C14H15ClN2O4/c1-9(18)16-4-5-17-13(19)3-2-10-6-11(15)14-12(7-10)20-8-21-14/h2-3,6-7H,4-5,8H2,1H3,(H,16,18)(H,17,19)/b3-2+. The maximum atomic E-state index is 11.6. The van der Waals surface area contributed by atoms with Crippen LogP contribution in [0.2, 0.25) is 5.02 Å². The van der Waals surface area contributed by atoms with E-state index in [1.165, 1.54) is 13.0 Å². The van der Waals surface area contributed by atoms with Crippen LogP contribution in [0, 0.1) is 0 Å². The summed E-state index contributed by atoms with van der Waals surface area (Å²) in [6, 6.07) is 3.44. The molecule has 0 radical (unpaired) electrons. The Morgan fingerprint density at radius 1 is 1.29 bits per heavy atom. The van der Waals surface area contributed by atoms with E-state index in [4.69, 9.17) is 21.1 Å². The summed E-state index contributed by atoms with van der Waals surface area (Å²) in [5.74, 6) is 0.700. The first-order valence-electron chi connectivity index (χ1n) is 6.36. The van der Waals surface area contributed by atoms with Gasteiger partial charge in [-0.1, -0.05) is 11.6 Å². The maximum Gasteiger partial charge on any atom is 0.244 e. The van der Waals surface area contributed by atoms with Crippen LogP contribution < -0.4 is 20.1 Å². The molecule has 112 valence electrons. The van der Waals surface area contributed by atoms with Crippen LogP contribution in [0.4, 0.5) is 0 Å². The van der Waals surface area contributed by atoms with Crippen LogP contribution in [0.5, 0.6) is 11.5 Å². The van der Waals surface area contributed by atoms with E-state index in [0.717, 1.165) is 5.56 Å².